The third-order valence-electron chi connectivity index (χ3n) is 4.45. The van der Waals surface area contributed by atoms with E-state index in [1.165, 1.54) is 23.5 Å². The molecular formula is C20H15FN6OS. The quantitative estimate of drug-likeness (QED) is 0.553. The lowest BCUT2D eigenvalue weighted by atomic mass is 10.1. The molecule has 0 aliphatic heterocycles. The van der Waals surface area contributed by atoms with E-state index < -0.39 is 11.7 Å². The van der Waals surface area contributed by atoms with E-state index in [1.54, 1.807) is 10.6 Å². The minimum atomic E-state index is -0.740. The number of rotatable bonds is 4. The second-order valence-corrected chi connectivity index (χ2v) is 7.32. The number of hydrogen-bond acceptors (Lipinski definition) is 6. The summed E-state index contributed by atoms with van der Waals surface area (Å²) < 4.78 is 15.9. The summed E-state index contributed by atoms with van der Waals surface area (Å²) in [6.45, 7) is 3.83. The molecule has 0 fully saturated rings. The Bertz CT molecular complexity index is 1290. The zero-order chi connectivity index (χ0) is 20.5. The Labute approximate surface area is 169 Å². The maximum atomic E-state index is 14.2. The van der Waals surface area contributed by atoms with Gasteiger partial charge in [-0.3, -0.25) is 4.79 Å². The summed E-state index contributed by atoms with van der Waals surface area (Å²) in [4.78, 5) is 13.2. The largest absolute Gasteiger partial charge is 0.322 e. The van der Waals surface area contributed by atoms with Crippen LogP contribution >= 0.6 is 11.3 Å². The highest BCUT2D eigenvalue weighted by molar-refractivity contribution is 7.19. The SMILES string of the molecule is CCc1nnc2sc(-c3ccc(C)c(NC(=O)c4ccc(C#N)cc4F)c3)nn12. The van der Waals surface area contributed by atoms with Crippen LogP contribution in [0.5, 0.6) is 0 Å². The highest BCUT2D eigenvalue weighted by atomic mass is 32.1. The van der Waals surface area contributed by atoms with Crippen LogP contribution in [0.2, 0.25) is 0 Å². The third kappa shape index (κ3) is 3.46. The van der Waals surface area contributed by atoms with Gasteiger partial charge < -0.3 is 5.32 Å². The summed E-state index contributed by atoms with van der Waals surface area (Å²) in [5.74, 6) is -0.547. The van der Waals surface area contributed by atoms with Gasteiger partial charge in [0.1, 0.15) is 10.8 Å². The Morgan fingerprint density at radius 2 is 2.10 bits per heavy atom. The molecule has 4 rings (SSSR count). The summed E-state index contributed by atoms with van der Waals surface area (Å²) in [6, 6.07) is 11.2. The average molecular weight is 406 g/mol. The number of carbonyl (C=O) groups is 1. The molecular weight excluding hydrogens is 391 g/mol. The summed E-state index contributed by atoms with van der Waals surface area (Å²) in [6.07, 6.45) is 0.718. The van der Waals surface area contributed by atoms with Gasteiger partial charge in [-0.1, -0.05) is 30.4 Å². The Balaban J connectivity index is 1.65. The number of fused-ring (bicyclic) bond motifs is 1. The molecule has 0 aliphatic carbocycles. The maximum absolute atomic E-state index is 14.2. The molecule has 0 unspecified atom stereocenters. The van der Waals surface area contributed by atoms with E-state index in [1.807, 2.05) is 32.0 Å². The molecule has 0 atom stereocenters. The second-order valence-electron chi connectivity index (χ2n) is 6.36. The number of halogens is 1. The monoisotopic (exact) mass is 406 g/mol. The molecule has 7 nitrogen and oxygen atoms in total. The molecule has 2 aromatic carbocycles. The van der Waals surface area contributed by atoms with Crippen LogP contribution in [0.1, 0.15) is 34.2 Å². The zero-order valence-corrected chi connectivity index (χ0v) is 16.4. The van der Waals surface area contributed by atoms with Crippen LogP contribution in [0.4, 0.5) is 10.1 Å². The van der Waals surface area contributed by atoms with E-state index in [-0.39, 0.29) is 11.1 Å². The highest BCUT2D eigenvalue weighted by Crippen LogP contribution is 2.29. The standard InChI is InChI=1S/C20H15FN6OS/c1-3-17-24-25-20-27(17)26-19(29-20)13-6-4-11(2)16(9-13)23-18(28)14-7-5-12(10-22)8-15(14)21/h4-9H,3H2,1-2H3,(H,23,28). The number of nitrogens with one attached hydrogen (secondary N) is 1. The summed E-state index contributed by atoms with van der Waals surface area (Å²) in [7, 11) is 0. The first kappa shape index (κ1) is 18.7. The fraction of sp³-hybridized carbons (Fsp3) is 0.150. The predicted octanol–water partition coefficient (Wildman–Crippen LogP) is 3.99. The van der Waals surface area contributed by atoms with Crippen LogP contribution < -0.4 is 5.32 Å². The first-order chi connectivity index (χ1) is 14.0. The molecule has 2 aromatic heterocycles. The number of aryl methyl sites for hydroxylation is 2. The molecule has 1 N–H and O–H groups in total. The molecule has 0 bridgehead atoms. The smallest absolute Gasteiger partial charge is 0.258 e. The van der Waals surface area contributed by atoms with Gasteiger partial charge in [-0.2, -0.15) is 14.9 Å². The molecule has 1 amide bonds. The van der Waals surface area contributed by atoms with Crippen molar-refractivity contribution in [1.29, 1.82) is 5.26 Å². The van der Waals surface area contributed by atoms with Crippen LogP contribution in [0.15, 0.2) is 36.4 Å². The van der Waals surface area contributed by atoms with Gasteiger partial charge in [0.2, 0.25) is 4.96 Å². The molecule has 0 saturated carbocycles. The van der Waals surface area contributed by atoms with E-state index in [0.29, 0.717) is 10.6 Å². The minimum absolute atomic E-state index is 0.125. The number of hydrogen-bond donors (Lipinski definition) is 1. The van der Waals surface area contributed by atoms with Crippen LogP contribution in [0, 0.1) is 24.1 Å². The normalized spacial score (nSPS) is 10.8. The van der Waals surface area contributed by atoms with Gasteiger partial charge in [0.05, 0.1) is 17.2 Å². The maximum Gasteiger partial charge on any atom is 0.258 e. The Hall–Kier alpha value is -3.64. The Morgan fingerprint density at radius 1 is 1.28 bits per heavy atom. The lowest BCUT2D eigenvalue weighted by molar-refractivity contribution is 0.102. The number of nitrogens with zero attached hydrogens (tertiary/aromatic N) is 5. The topological polar surface area (TPSA) is 96.0 Å². The van der Waals surface area contributed by atoms with Gasteiger partial charge in [0, 0.05) is 17.7 Å². The van der Waals surface area contributed by atoms with Crippen molar-refractivity contribution in [2.45, 2.75) is 20.3 Å². The Kier molecular flexibility index (Phi) is 4.78. The van der Waals surface area contributed by atoms with Crippen molar-refractivity contribution in [3.8, 4) is 16.6 Å². The van der Waals surface area contributed by atoms with Gasteiger partial charge in [0.25, 0.3) is 5.91 Å². The second kappa shape index (κ2) is 7.41. The molecule has 29 heavy (non-hydrogen) atoms. The summed E-state index contributed by atoms with van der Waals surface area (Å²) in [5.41, 5.74) is 2.22. The number of benzene rings is 2. The first-order valence-corrected chi connectivity index (χ1v) is 9.65. The number of amides is 1. The highest BCUT2D eigenvalue weighted by Gasteiger charge is 2.16. The van der Waals surface area contributed by atoms with Gasteiger partial charge in [0.15, 0.2) is 5.82 Å². The van der Waals surface area contributed by atoms with Gasteiger partial charge in [-0.15, -0.1) is 10.2 Å². The van der Waals surface area contributed by atoms with E-state index in [9.17, 15) is 9.18 Å². The zero-order valence-electron chi connectivity index (χ0n) is 15.6. The minimum Gasteiger partial charge on any atom is -0.322 e. The molecule has 4 aromatic rings. The van der Waals surface area contributed by atoms with Crippen LogP contribution in [0.25, 0.3) is 15.5 Å². The molecule has 0 saturated heterocycles. The lowest BCUT2D eigenvalue weighted by Crippen LogP contribution is -2.14. The van der Waals surface area contributed by atoms with Crippen molar-refractivity contribution >= 4 is 27.9 Å². The fourth-order valence-corrected chi connectivity index (χ4v) is 3.70. The van der Waals surface area contributed by atoms with E-state index in [2.05, 4.69) is 20.6 Å². The number of anilines is 1. The lowest BCUT2D eigenvalue weighted by Gasteiger charge is -2.10. The van der Waals surface area contributed by atoms with Crippen molar-refractivity contribution in [1.82, 2.24) is 19.8 Å². The molecule has 144 valence electrons. The van der Waals surface area contributed by atoms with Gasteiger partial charge >= 0.3 is 0 Å². The number of carbonyl (C=O) groups excluding carboxylic acids is 1. The summed E-state index contributed by atoms with van der Waals surface area (Å²) >= 11 is 1.40. The fourth-order valence-electron chi connectivity index (χ4n) is 2.84. The van der Waals surface area contributed by atoms with Crippen molar-refractivity contribution in [3.63, 3.8) is 0 Å². The van der Waals surface area contributed by atoms with Crippen molar-refractivity contribution in [3.05, 3.63) is 64.7 Å². The van der Waals surface area contributed by atoms with Crippen molar-refractivity contribution in [2.75, 3.05) is 5.32 Å². The predicted molar refractivity (Wildman–Crippen MR) is 107 cm³/mol. The third-order valence-corrected chi connectivity index (χ3v) is 5.40. The molecule has 0 spiro atoms. The average Bonchev–Trinajstić information content (AvgIpc) is 3.30. The van der Waals surface area contributed by atoms with Crippen LogP contribution in [0.3, 0.4) is 0 Å². The Morgan fingerprint density at radius 3 is 2.83 bits per heavy atom. The van der Waals surface area contributed by atoms with E-state index >= 15 is 0 Å². The molecule has 9 heteroatoms. The van der Waals surface area contributed by atoms with Crippen molar-refractivity contribution < 1.29 is 9.18 Å². The summed E-state index contributed by atoms with van der Waals surface area (Å²) in [5, 5.41) is 25.1. The molecule has 0 aliphatic rings. The van der Waals surface area contributed by atoms with Crippen molar-refractivity contribution in [2.24, 2.45) is 0 Å². The molecule has 2 heterocycles. The van der Waals surface area contributed by atoms with Crippen LogP contribution in [-0.2, 0) is 6.42 Å². The molecule has 0 radical (unpaired) electrons. The van der Waals surface area contributed by atoms with Gasteiger partial charge in [-0.05, 0) is 36.8 Å². The van der Waals surface area contributed by atoms with Gasteiger partial charge in [-0.25, -0.2) is 4.39 Å². The van der Waals surface area contributed by atoms with Crippen LogP contribution in [-0.4, -0.2) is 25.7 Å². The number of aromatic nitrogens is 4. The van der Waals surface area contributed by atoms with E-state index in [0.717, 1.165) is 34.4 Å². The first-order valence-electron chi connectivity index (χ1n) is 8.83. The van der Waals surface area contributed by atoms with E-state index in [4.69, 9.17) is 5.26 Å². The number of nitriles is 1.